The third-order valence-corrected chi connectivity index (χ3v) is 12.0. The van der Waals surface area contributed by atoms with Crippen molar-refractivity contribution in [2.24, 2.45) is 5.92 Å². The van der Waals surface area contributed by atoms with E-state index in [9.17, 15) is 33.9 Å². The maximum absolute atomic E-state index is 14.4. The molecule has 2 fully saturated rings. The Morgan fingerprint density at radius 3 is 2.00 bits per heavy atom. The zero-order valence-electron chi connectivity index (χ0n) is 38.6. The molecule has 5 N–H and O–H groups in total. The molecule has 5 rings (SSSR count). The number of nitrogens with one attached hydrogen (secondary N) is 4. The van der Waals surface area contributed by atoms with E-state index in [1.54, 1.807) is 32.0 Å². The summed E-state index contributed by atoms with van der Waals surface area (Å²) in [6.45, 7) is 11.6. The van der Waals surface area contributed by atoms with Gasteiger partial charge in [0.2, 0.25) is 17.7 Å². The number of hydrogen-bond donors (Lipinski definition) is 5. The molecule has 4 amide bonds. The number of Topliss-reactive ketones (excluding diaryl/α,β-unsaturated/α-hetero) is 1. The number of ketones is 1. The Morgan fingerprint density at radius 2 is 1.38 bits per heavy atom. The van der Waals surface area contributed by atoms with E-state index in [1.807, 2.05) is 81.4 Å². The van der Waals surface area contributed by atoms with Crippen LogP contribution in [-0.2, 0) is 57.6 Å². The van der Waals surface area contributed by atoms with Crippen LogP contribution in [0.5, 0.6) is 11.5 Å². The van der Waals surface area contributed by atoms with E-state index in [0.717, 1.165) is 29.5 Å². The number of epoxide rings is 1. The zero-order valence-corrected chi connectivity index (χ0v) is 38.6. The summed E-state index contributed by atoms with van der Waals surface area (Å²) in [6.07, 6.45) is 3.91. The number of benzene rings is 3. The van der Waals surface area contributed by atoms with Gasteiger partial charge in [-0.3, -0.25) is 28.8 Å². The van der Waals surface area contributed by atoms with Crippen molar-refractivity contribution >= 4 is 35.4 Å². The van der Waals surface area contributed by atoms with E-state index in [-0.39, 0.29) is 72.4 Å². The highest BCUT2D eigenvalue weighted by Gasteiger charge is 2.49. The van der Waals surface area contributed by atoms with Crippen molar-refractivity contribution in [3.63, 3.8) is 0 Å². The monoisotopic (exact) mass is 898 g/mol. The molecule has 2 aliphatic rings. The van der Waals surface area contributed by atoms with Crippen molar-refractivity contribution < 1.29 is 52.6 Å². The Morgan fingerprint density at radius 1 is 0.769 bits per heavy atom. The molecule has 0 radical (unpaired) electrons. The van der Waals surface area contributed by atoms with Gasteiger partial charge in [-0.25, -0.2) is 0 Å². The fraction of sp³-hybridized carbons (Fsp3) is 0.520. The normalized spacial score (nSPS) is 18.3. The molecule has 0 aliphatic carbocycles. The van der Waals surface area contributed by atoms with Crippen molar-refractivity contribution in [1.29, 1.82) is 0 Å². The summed E-state index contributed by atoms with van der Waals surface area (Å²) >= 11 is 0. The Labute approximate surface area is 382 Å². The minimum atomic E-state index is -1.08. The van der Waals surface area contributed by atoms with E-state index < -0.39 is 53.5 Å². The van der Waals surface area contributed by atoms with Crippen LogP contribution in [-0.4, -0.2) is 114 Å². The number of morpholine rings is 1. The van der Waals surface area contributed by atoms with Gasteiger partial charge in [0.1, 0.15) is 43.4 Å². The molecule has 0 bridgehead atoms. The van der Waals surface area contributed by atoms with Gasteiger partial charge < -0.3 is 45.1 Å². The van der Waals surface area contributed by atoms with E-state index in [2.05, 4.69) is 21.3 Å². The number of amides is 4. The van der Waals surface area contributed by atoms with E-state index in [0.29, 0.717) is 45.7 Å². The predicted molar refractivity (Wildman–Crippen MR) is 244 cm³/mol. The van der Waals surface area contributed by atoms with Gasteiger partial charge in [-0.05, 0) is 74.8 Å². The lowest BCUT2D eigenvalue weighted by Crippen LogP contribution is -2.61. The number of unbranched alkanes of at least 4 members (excludes halogenated alkanes) is 2. The fourth-order valence-electron chi connectivity index (χ4n) is 8.09. The lowest BCUT2D eigenvalue weighted by atomic mass is 9.99. The smallest absolute Gasteiger partial charge is 0.311 e. The van der Waals surface area contributed by atoms with E-state index in [4.69, 9.17) is 14.2 Å². The molecule has 65 heavy (non-hydrogen) atoms. The van der Waals surface area contributed by atoms with Crippen LogP contribution < -0.4 is 26.0 Å². The van der Waals surface area contributed by atoms with Gasteiger partial charge >= 0.3 is 5.97 Å². The number of aromatic hydroxyl groups is 1. The average molecular weight is 899 g/mol. The molecule has 0 saturated carbocycles. The number of esters is 1. The lowest BCUT2D eigenvalue weighted by molar-refractivity contribution is -0.940. The average Bonchev–Trinajstić information content (AvgIpc) is 4.03. The summed E-state index contributed by atoms with van der Waals surface area (Å²) in [5, 5.41) is 22.4. The van der Waals surface area contributed by atoms with Crippen LogP contribution in [0.1, 0.15) is 89.8 Å². The van der Waals surface area contributed by atoms with Crippen LogP contribution >= 0.6 is 0 Å². The quantitative estimate of drug-likeness (QED) is 0.0266. The van der Waals surface area contributed by atoms with Crippen LogP contribution in [0.3, 0.4) is 0 Å². The van der Waals surface area contributed by atoms with Crippen molar-refractivity contribution in [1.82, 2.24) is 21.3 Å². The number of hydrogen-bond acceptors (Lipinski definition) is 10. The van der Waals surface area contributed by atoms with Gasteiger partial charge in [-0.1, -0.05) is 94.3 Å². The van der Waals surface area contributed by atoms with E-state index >= 15 is 0 Å². The molecule has 0 aromatic heterocycles. The molecular formula is C50H68N5O10+. The summed E-state index contributed by atoms with van der Waals surface area (Å²) in [5.41, 5.74) is 1.53. The van der Waals surface area contributed by atoms with Crippen LogP contribution in [0.25, 0.3) is 0 Å². The SMILES string of the molecule is CCCCCC(=O)Oc1ccc(C[N+]2(CC(=O)N[C@@H](CCc3ccccc3)C(=O)N[C@@H](CC(C)C)C(=O)N[C@@H](Cc3ccccc3)C(=O)N[C@@H](C)C(=O)[C@@]3(C)CO3)CCOCC2)cc1O. The van der Waals surface area contributed by atoms with E-state index in [1.165, 1.54) is 0 Å². The van der Waals surface area contributed by atoms with Crippen molar-refractivity contribution in [3.8, 4) is 11.5 Å². The van der Waals surface area contributed by atoms with Crippen molar-refractivity contribution in [2.75, 3.05) is 39.5 Å². The number of carbonyl (C=O) groups is 6. The third-order valence-electron chi connectivity index (χ3n) is 12.0. The molecule has 15 nitrogen and oxygen atoms in total. The maximum atomic E-state index is 14.4. The topological polar surface area (TPSA) is 202 Å². The molecule has 2 heterocycles. The number of carbonyl (C=O) groups excluding carboxylic acids is 6. The summed E-state index contributed by atoms with van der Waals surface area (Å²) in [6, 6.07) is 19.6. The van der Waals surface area contributed by atoms with Crippen molar-refractivity contribution in [2.45, 2.75) is 122 Å². The second-order valence-corrected chi connectivity index (χ2v) is 18.2. The lowest BCUT2D eigenvalue weighted by Gasteiger charge is -2.41. The van der Waals surface area contributed by atoms with Crippen LogP contribution in [0, 0.1) is 5.92 Å². The maximum Gasteiger partial charge on any atom is 0.311 e. The molecule has 352 valence electrons. The minimum Gasteiger partial charge on any atom is -0.504 e. The van der Waals surface area contributed by atoms with Gasteiger partial charge in [-0.2, -0.15) is 0 Å². The first-order valence-corrected chi connectivity index (χ1v) is 23.0. The number of nitrogens with zero attached hydrogens (tertiary/aromatic N) is 1. The Balaban J connectivity index is 1.31. The molecule has 3 aromatic carbocycles. The zero-order chi connectivity index (χ0) is 47.0. The molecule has 0 spiro atoms. The van der Waals surface area contributed by atoms with Gasteiger partial charge in [0, 0.05) is 18.4 Å². The molecule has 0 unspecified atom stereocenters. The number of rotatable bonds is 25. The fourth-order valence-corrected chi connectivity index (χ4v) is 8.09. The molecule has 3 aromatic rings. The number of aryl methyl sites for hydroxylation is 1. The molecule has 15 heteroatoms. The predicted octanol–water partition coefficient (Wildman–Crippen LogP) is 4.46. The second kappa shape index (κ2) is 24.0. The van der Waals surface area contributed by atoms with Gasteiger partial charge in [0.25, 0.3) is 5.91 Å². The summed E-state index contributed by atoms with van der Waals surface area (Å²) in [4.78, 5) is 81.9. The van der Waals surface area contributed by atoms with Gasteiger partial charge in [-0.15, -0.1) is 0 Å². The highest BCUT2D eigenvalue weighted by Crippen LogP contribution is 2.30. The van der Waals surface area contributed by atoms with Crippen LogP contribution in [0.15, 0.2) is 78.9 Å². The third kappa shape index (κ3) is 15.8. The molecule has 2 aliphatic heterocycles. The Hall–Kier alpha value is -5.64. The minimum absolute atomic E-state index is 0.00575. The molecule has 2 saturated heterocycles. The van der Waals surface area contributed by atoms with Crippen LogP contribution in [0.4, 0.5) is 0 Å². The number of phenols is 1. The van der Waals surface area contributed by atoms with Gasteiger partial charge in [0.15, 0.2) is 23.8 Å². The first kappa shape index (κ1) is 50.4. The Bertz CT molecular complexity index is 2070. The summed E-state index contributed by atoms with van der Waals surface area (Å²) in [7, 11) is 0. The largest absolute Gasteiger partial charge is 0.504 e. The number of phenolic OH excluding ortho intramolecular Hbond substituents is 1. The first-order valence-electron chi connectivity index (χ1n) is 23.0. The standard InChI is InChI=1S/C50H67N5O10/c1-6-7-10-19-45(58)65-43-23-21-38(30-42(43)56)31-55(24-26-63-27-25-55)32-44(57)52-39(22-20-36-15-11-8-12-16-36)47(60)53-40(28-34(2)3)49(62)54-41(29-37-17-13-9-14-18-37)48(61)51-35(4)46(59)50(5)33-64-50/h8-9,11-18,21,23,30,34-35,39-41H,6-7,10,19-20,22,24-29,31-33H2,1-5H3,(H4-,51,52,53,54,56,57,60,61,62)/p+1/t35-,39-,40-,41-,50+/m0/s1. The molecule has 5 atom stereocenters. The summed E-state index contributed by atoms with van der Waals surface area (Å²) < 4.78 is 16.7. The number of quaternary nitrogens is 1. The first-order chi connectivity index (χ1) is 31.1. The Kier molecular flexibility index (Phi) is 18.6. The van der Waals surface area contributed by atoms with Crippen molar-refractivity contribution in [3.05, 3.63) is 95.6 Å². The highest BCUT2D eigenvalue weighted by molar-refractivity contribution is 5.98. The van der Waals surface area contributed by atoms with Crippen LogP contribution in [0.2, 0.25) is 0 Å². The highest BCUT2D eigenvalue weighted by atomic mass is 16.6. The number of ether oxygens (including phenoxy) is 3. The second-order valence-electron chi connectivity index (χ2n) is 18.2. The van der Waals surface area contributed by atoms with Gasteiger partial charge in [0.05, 0.1) is 25.9 Å². The summed E-state index contributed by atoms with van der Waals surface area (Å²) in [5.74, 6) is -2.87. The molecular weight excluding hydrogens is 831 g/mol.